The molecule has 200 valence electrons. The van der Waals surface area contributed by atoms with Gasteiger partial charge in [0.15, 0.2) is 0 Å². The molecule has 0 radical (unpaired) electrons. The summed E-state index contributed by atoms with van der Waals surface area (Å²) >= 11 is 0. The first-order chi connectivity index (χ1) is 18.0. The number of halogens is 3. The molecule has 0 aliphatic carbocycles. The summed E-state index contributed by atoms with van der Waals surface area (Å²) in [7, 11) is 0. The van der Waals surface area contributed by atoms with E-state index >= 15 is 0 Å². The Kier molecular flexibility index (Phi) is 8.07. The van der Waals surface area contributed by atoms with Crippen molar-refractivity contribution in [3.63, 3.8) is 0 Å². The molecule has 10 heteroatoms. The number of piperazine rings is 1. The van der Waals surface area contributed by atoms with E-state index < -0.39 is 6.36 Å². The van der Waals surface area contributed by atoms with Crippen LogP contribution in [0.5, 0.6) is 5.75 Å². The molecule has 0 unspecified atom stereocenters. The Bertz CT molecular complexity index is 1310. The molecule has 2 aromatic carbocycles. The summed E-state index contributed by atoms with van der Waals surface area (Å²) in [6.07, 6.45) is -2.17. The maximum absolute atomic E-state index is 13.2. The summed E-state index contributed by atoms with van der Waals surface area (Å²) in [4.78, 5) is 21.4. The monoisotopic (exact) mass is 525 g/mol. The Morgan fingerprint density at radius 2 is 1.89 bits per heavy atom. The number of rotatable bonds is 8. The van der Waals surface area contributed by atoms with Gasteiger partial charge in [-0.15, -0.1) is 13.2 Å². The van der Waals surface area contributed by atoms with Gasteiger partial charge in [0.2, 0.25) is 5.91 Å². The van der Waals surface area contributed by atoms with E-state index in [4.69, 9.17) is 5.26 Å². The maximum Gasteiger partial charge on any atom is 0.573 e. The molecule has 7 nitrogen and oxygen atoms in total. The maximum atomic E-state index is 13.2. The predicted molar refractivity (Wildman–Crippen MR) is 136 cm³/mol. The number of nitriles is 1. The minimum absolute atomic E-state index is 0.00143. The van der Waals surface area contributed by atoms with Crippen LogP contribution in [-0.4, -0.2) is 45.9 Å². The second-order valence-electron chi connectivity index (χ2n) is 9.93. The summed E-state index contributed by atoms with van der Waals surface area (Å²) in [6.45, 7) is 7.72. The number of benzene rings is 2. The van der Waals surface area contributed by atoms with Gasteiger partial charge >= 0.3 is 6.36 Å². The highest BCUT2D eigenvalue weighted by Crippen LogP contribution is 2.30. The zero-order valence-corrected chi connectivity index (χ0v) is 21.6. The van der Waals surface area contributed by atoms with Crippen molar-refractivity contribution < 1.29 is 22.7 Å². The number of amides is 1. The third-order valence-electron chi connectivity index (χ3n) is 6.58. The topological polar surface area (TPSA) is 74.4 Å². The molecule has 1 aliphatic rings. The Morgan fingerprint density at radius 3 is 2.55 bits per heavy atom. The lowest BCUT2D eigenvalue weighted by Crippen LogP contribution is -2.56. The van der Waals surface area contributed by atoms with Crippen LogP contribution in [0, 0.1) is 24.2 Å². The molecule has 1 saturated heterocycles. The van der Waals surface area contributed by atoms with Gasteiger partial charge in [-0.2, -0.15) is 5.26 Å². The largest absolute Gasteiger partial charge is 0.573 e. The van der Waals surface area contributed by atoms with Crippen molar-refractivity contribution in [2.75, 3.05) is 18.0 Å². The minimum atomic E-state index is -4.81. The van der Waals surface area contributed by atoms with Crippen molar-refractivity contribution in [3.05, 3.63) is 77.4 Å². The van der Waals surface area contributed by atoms with Crippen LogP contribution in [0.4, 0.5) is 18.9 Å². The third-order valence-corrected chi connectivity index (χ3v) is 6.58. The van der Waals surface area contributed by atoms with E-state index in [1.165, 1.54) is 18.2 Å². The van der Waals surface area contributed by atoms with E-state index in [1.54, 1.807) is 23.1 Å². The molecule has 0 saturated carbocycles. The van der Waals surface area contributed by atoms with Crippen LogP contribution in [0.15, 0.2) is 54.7 Å². The van der Waals surface area contributed by atoms with E-state index in [9.17, 15) is 18.0 Å². The average molecular weight is 526 g/mol. The first-order valence-electron chi connectivity index (χ1n) is 12.4. The van der Waals surface area contributed by atoms with E-state index in [0.717, 1.165) is 23.5 Å². The van der Waals surface area contributed by atoms with Gasteiger partial charge in [0, 0.05) is 43.6 Å². The summed E-state index contributed by atoms with van der Waals surface area (Å²) in [6, 6.07) is 15.1. The fourth-order valence-corrected chi connectivity index (χ4v) is 4.80. The molecule has 0 spiro atoms. The zero-order chi connectivity index (χ0) is 27.4. The highest BCUT2D eigenvalue weighted by Gasteiger charge is 2.35. The van der Waals surface area contributed by atoms with Crippen LogP contribution in [0.1, 0.15) is 42.9 Å². The lowest BCUT2D eigenvalue weighted by molar-refractivity contribution is -0.274. The number of imidazole rings is 1. The highest BCUT2D eigenvalue weighted by atomic mass is 19.4. The SMILES string of the molecule is Cc1ncc(CN2CC(=O)N(c3cccc(OC(F)(F)F)c3)C[C@@H]2CC(C)C)n1Cc1ccc(C#N)cc1. The van der Waals surface area contributed by atoms with Crippen LogP contribution in [-0.2, 0) is 17.9 Å². The first kappa shape index (κ1) is 27.2. The molecule has 1 fully saturated rings. The quantitative estimate of drug-likeness (QED) is 0.401. The van der Waals surface area contributed by atoms with Crippen molar-refractivity contribution in [2.45, 2.75) is 52.7 Å². The number of carbonyl (C=O) groups is 1. The second-order valence-corrected chi connectivity index (χ2v) is 9.93. The average Bonchev–Trinajstić information content (AvgIpc) is 3.18. The number of ether oxygens (including phenoxy) is 1. The van der Waals surface area contributed by atoms with Gasteiger partial charge < -0.3 is 14.2 Å². The molecule has 4 rings (SSSR count). The van der Waals surface area contributed by atoms with Gasteiger partial charge in [-0.25, -0.2) is 4.98 Å². The number of anilines is 1. The standard InChI is InChI=1S/C28H30F3N5O2/c1-19(2)11-24-17-36(23-5-4-6-26(12-23)38-28(29,30)31)27(37)18-34(24)16-25-14-33-20(3)35(25)15-22-9-7-21(13-32)8-10-22/h4-10,12,14,19,24H,11,15-18H2,1-3H3/t24-/m0/s1. The Hall–Kier alpha value is -3.84. The summed E-state index contributed by atoms with van der Waals surface area (Å²) < 4.78 is 44.4. The predicted octanol–water partition coefficient (Wildman–Crippen LogP) is 5.27. The van der Waals surface area contributed by atoms with Gasteiger partial charge in [-0.05, 0) is 49.1 Å². The van der Waals surface area contributed by atoms with Crippen LogP contribution in [0.25, 0.3) is 0 Å². The smallest absolute Gasteiger partial charge is 0.406 e. The molecule has 38 heavy (non-hydrogen) atoms. The van der Waals surface area contributed by atoms with Crippen LogP contribution >= 0.6 is 0 Å². The van der Waals surface area contributed by atoms with E-state index in [1.807, 2.05) is 25.3 Å². The minimum Gasteiger partial charge on any atom is -0.406 e. The highest BCUT2D eigenvalue weighted by molar-refractivity contribution is 5.95. The van der Waals surface area contributed by atoms with Gasteiger partial charge in [-0.3, -0.25) is 9.69 Å². The molecule has 0 bridgehead atoms. The van der Waals surface area contributed by atoms with Gasteiger partial charge in [0.1, 0.15) is 11.6 Å². The van der Waals surface area contributed by atoms with E-state index in [0.29, 0.717) is 36.8 Å². The number of aromatic nitrogens is 2. The zero-order valence-electron chi connectivity index (χ0n) is 21.6. The van der Waals surface area contributed by atoms with Crippen LogP contribution in [0.2, 0.25) is 0 Å². The fourth-order valence-electron chi connectivity index (χ4n) is 4.80. The number of hydrogen-bond donors (Lipinski definition) is 0. The summed E-state index contributed by atoms with van der Waals surface area (Å²) in [5.41, 5.74) is 2.97. The van der Waals surface area contributed by atoms with Crippen LogP contribution in [0.3, 0.4) is 0 Å². The number of carbonyl (C=O) groups excluding carboxylic acids is 1. The second kappa shape index (κ2) is 11.3. The normalized spacial score (nSPS) is 16.6. The molecule has 3 aromatic rings. The fraction of sp³-hybridized carbons (Fsp3) is 0.393. The number of hydrogen-bond acceptors (Lipinski definition) is 5. The van der Waals surface area contributed by atoms with Crippen LogP contribution < -0.4 is 9.64 Å². The lowest BCUT2D eigenvalue weighted by atomic mass is 9.99. The van der Waals surface area contributed by atoms with Gasteiger partial charge in [-0.1, -0.05) is 32.0 Å². The molecule has 0 N–H and O–H groups in total. The number of aryl methyl sites for hydroxylation is 1. The van der Waals surface area contributed by atoms with E-state index in [-0.39, 0.29) is 24.2 Å². The molecule has 2 heterocycles. The van der Waals surface area contributed by atoms with Crippen molar-refractivity contribution in [3.8, 4) is 11.8 Å². The third kappa shape index (κ3) is 6.72. The first-order valence-corrected chi connectivity index (χ1v) is 12.4. The Labute approximate surface area is 220 Å². The van der Waals surface area contributed by atoms with Gasteiger partial charge in [0.25, 0.3) is 0 Å². The Morgan fingerprint density at radius 1 is 1.16 bits per heavy atom. The lowest BCUT2D eigenvalue weighted by Gasteiger charge is -2.42. The molecular formula is C28H30F3N5O2. The molecule has 1 atom stereocenters. The van der Waals surface area contributed by atoms with E-state index in [2.05, 4.69) is 39.1 Å². The molecule has 1 amide bonds. The van der Waals surface area contributed by atoms with Gasteiger partial charge in [0.05, 0.1) is 23.9 Å². The number of nitrogens with zero attached hydrogens (tertiary/aromatic N) is 5. The van der Waals surface area contributed by atoms with Crippen molar-refractivity contribution in [2.24, 2.45) is 5.92 Å². The molecular weight excluding hydrogens is 495 g/mol. The molecule has 1 aliphatic heterocycles. The summed E-state index contributed by atoms with van der Waals surface area (Å²) in [5.74, 6) is 0.649. The molecule has 1 aromatic heterocycles. The number of alkyl halides is 3. The van der Waals surface area contributed by atoms with Crippen molar-refractivity contribution >= 4 is 11.6 Å². The van der Waals surface area contributed by atoms with Crippen molar-refractivity contribution in [1.82, 2.24) is 14.5 Å². The Balaban J connectivity index is 1.54. The summed E-state index contributed by atoms with van der Waals surface area (Å²) in [5, 5.41) is 9.06. The van der Waals surface area contributed by atoms with Crippen molar-refractivity contribution in [1.29, 1.82) is 5.26 Å².